The Kier molecular flexibility index (Phi) is 6.16. The smallest absolute Gasteiger partial charge is 0.193 e. The van der Waals surface area contributed by atoms with Gasteiger partial charge in [0.1, 0.15) is 36.6 Å². The molecule has 0 aromatic carbocycles. The lowest BCUT2D eigenvalue weighted by Crippen LogP contribution is -2.38. The lowest BCUT2D eigenvalue weighted by Gasteiger charge is -2.41. The van der Waals surface area contributed by atoms with E-state index in [1.54, 1.807) is 13.8 Å². The molecule has 0 radical (unpaired) electrons. The fourth-order valence-corrected chi connectivity index (χ4v) is 6.80. The predicted octanol–water partition coefficient (Wildman–Crippen LogP) is 0.115. The summed E-state index contributed by atoms with van der Waals surface area (Å²) in [5.41, 5.74) is 2.31. The molecule has 4 aliphatic rings. The van der Waals surface area contributed by atoms with Gasteiger partial charge in [-0.05, 0) is 48.0 Å². The number of aliphatic hydroxyl groups excluding tert-OH is 6. The van der Waals surface area contributed by atoms with Crippen LogP contribution in [-0.4, -0.2) is 78.8 Å². The third kappa shape index (κ3) is 3.13. The summed E-state index contributed by atoms with van der Waals surface area (Å²) in [6.07, 6.45) is -9.20. The van der Waals surface area contributed by atoms with Gasteiger partial charge in [0.2, 0.25) is 0 Å². The van der Waals surface area contributed by atoms with Crippen molar-refractivity contribution in [1.29, 1.82) is 0 Å². The van der Waals surface area contributed by atoms with Crippen molar-refractivity contribution in [2.24, 2.45) is 23.7 Å². The van der Waals surface area contributed by atoms with Gasteiger partial charge in [-0.3, -0.25) is 9.59 Å². The molecule has 4 rings (SSSR count). The van der Waals surface area contributed by atoms with Crippen LogP contribution in [0.2, 0.25) is 0 Å². The highest BCUT2D eigenvalue weighted by molar-refractivity contribution is 6.07. The van der Waals surface area contributed by atoms with Gasteiger partial charge in [-0.25, -0.2) is 0 Å². The van der Waals surface area contributed by atoms with E-state index in [0.29, 0.717) is 22.3 Å². The first-order chi connectivity index (χ1) is 15.7. The van der Waals surface area contributed by atoms with Gasteiger partial charge < -0.3 is 30.6 Å². The van der Waals surface area contributed by atoms with Crippen LogP contribution in [0.25, 0.3) is 0 Å². The standard InChI is InChI=1S/C26H34O8/c1-7(2)11-9(5)13(19(27)17-15(11)21(29)25(33)23(17)31)14-10(6)12(8(3)4)16-18(20(14)28)24(32)26(34)22(16)30/h7-8,11-12,19-22,25-30,33-34H,1-6H3/t11-,12+,19+,20-,21+,22-,25+,26-. The molecule has 8 nitrogen and oxygen atoms in total. The minimum Gasteiger partial charge on any atom is -0.385 e. The molecule has 8 atom stereocenters. The maximum Gasteiger partial charge on any atom is 0.193 e. The van der Waals surface area contributed by atoms with Crippen molar-refractivity contribution in [3.05, 3.63) is 44.6 Å². The average molecular weight is 475 g/mol. The Morgan fingerprint density at radius 1 is 0.529 bits per heavy atom. The molecule has 0 spiro atoms. The van der Waals surface area contributed by atoms with Crippen LogP contribution in [0, 0.1) is 23.7 Å². The maximum absolute atomic E-state index is 12.9. The molecule has 0 bridgehead atoms. The van der Waals surface area contributed by atoms with Gasteiger partial charge in [0.15, 0.2) is 11.6 Å². The SMILES string of the molecule is CC1=C(C2=C(C)[C@H](C(C)C)C3=C(C(=O)[C@H](O)[C@@H]3O)[C@@H]2O)[C@H](O)C2=C([C@@H]1C(C)C)[C@H](O)[C@H](O)C2=O. The van der Waals surface area contributed by atoms with Gasteiger partial charge >= 0.3 is 0 Å². The number of hydrogen-bond donors (Lipinski definition) is 6. The van der Waals surface area contributed by atoms with Crippen LogP contribution < -0.4 is 0 Å². The summed E-state index contributed by atoms with van der Waals surface area (Å²) in [4.78, 5) is 25.7. The normalized spacial score (nSPS) is 38.8. The van der Waals surface area contributed by atoms with E-state index in [1.165, 1.54) is 0 Å². The van der Waals surface area contributed by atoms with Crippen LogP contribution in [0.4, 0.5) is 0 Å². The number of Topliss-reactive ketones (excluding diaryl/α,β-unsaturated/α-hetero) is 2. The molecule has 0 heterocycles. The summed E-state index contributed by atoms with van der Waals surface area (Å²) >= 11 is 0. The molecule has 4 aliphatic carbocycles. The van der Waals surface area contributed by atoms with Crippen LogP contribution in [0.1, 0.15) is 41.5 Å². The van der Waals surface area contributed by atoms with E-state index < -0.39 is 60.0 Å². The Morgan fingerprint density at radius 3 is 1.09 bits per heavy atom. The van der Waals surface area contributed by atoms with Crippen LogP contribution in [-0.2, 0) is 9.59 Å². The number of hydrogen-bond acceptors (Lipinski definition) is 8. The molecule has 0 aliphatic heterocycles. The van der Waals surface area contributed by atoms with Crippen molar-refractivity contribution < 1.29 is 40.2 Å². The monoisotopic (exact) mass is 474 g/mol. The van der Waals surface area contributed by atoms with Crippen LogP contribution >= 0.6 is 0 Å². The number of carbonyl (C=O) groups is 2. The third-order valence-electron chi connectivity index (χ3n) is 8.10. The number of rotatable bonds is 3. The second-order valence-corrected chi connectivity index (χ2v) is 10.7. The Hall–Kier alpha value is -1.94. The van der Waals surface area contributed by atoms with Crippen molar-refractivity contribution in [3.63, 3.8) is 0 Å². The molecule has 0 saturated heterocycles. The molecular formula is C26H34O8. The Morgan fingerprint density at radius 2 is 0.824 bits per heavy atom. The highest BCUT2D eigenvalue weighted by Gasteiger charge is 2.54. The second kappa shape index (κ2) is 8.33. The summed E-state index contributed by atoms with van der Waals surface area (Å²) < 4.78 is 0. The van der Waals surface area contributed by atoms with E-state index in [4.69, 9.17) is 0 Å². The first-order valence-electron chi connectivity index (χ1n) is 11.8. The summed E-state index contributed by atoms with van der Waals surface area (Å²) in [7, 11) is 0. The van der Waals surface area contributed by atoms with Gasteiger partial charge in [-0.15, -0.1) is 0 Å². The van der Waals surface area contributed by atoms with Crippen molar-refractivity contribution in [1.82, 2.24) is 0 Å². The first kappa shape index (κ1) is 25.2. The zero-order chi connectivity index (χ0) is 25.5. The molecule has 186 valence electrons. The average Bonchev–Trinajstić information content (AvgIpc) is 3.10. The van der Waals surface area contributed by atoms with E-state index in [1.807, 2.05) is 27.7 Å². The quantitative estimate of drug-likeness (QED) is 0.337. The molecule has 6 N–H and O–H groups in total. The Bertz CT molecular complexity index is 1000. The summed E-state index contributed by atoms with van der Waals surface area (Å²) in [6, 6.07) is 0. The van der Waals surface area contributed by atoms with Crippen molar-refractivity contribution >= 4 is 11.6 Å². The Balaban J connectivity index is 1.96. The van der Waals surface area contributed by atoms with Crippen molar-refractivity contribution in [2.75, 3.05) is 0 Å². The van der Waals surface area contributed by atoms with Crippen LogP contribution in [0.15, 0.2) is 44.6 Å². The highest BCUT2D eigenvalue weighted by Crippen LogP contribution is 2.52. The lowest BCUT2D eigenvalue weighted by atomic mass is 9.65. The van der Waals surface area contributed by atoms with Gasteiger partial charge in [-0.2, -0.15) is 0 Å². The van der Waals surface area contributed by atoms with E-state index in [2.05, 4.69) is 0 Å². The summed E-state index contributed by atoms with van der Waals surface area (Å²) in [5.74, 6) is -2.65. The van der Waals surface area contributed by atoms with Crippen molar-refractivity contribution in [3.8, 4) is 0 Å². The van der Waals surface area contributed by atoms with Gasteiger partial charge in [0.25, 0.3) is 0 Å². The fourth-order valence-electron chi connectivity index (χ4n) is 6.80. The fraction of sp³-hybridized carbons (Fsp3) is 0.615. The molecule has 0 aromatic heterocycles. The molecule has 34 heavy (non-hydrogen) atoms. The number of aliphatic hydroxyl groups is 6. The molecular weight excluding hydrogens is 440 g/mol. The first-order valence-corrected chi connectivity index (χ1v) is 11.8. The van der Waals surface area contributed by atoms with E-state index >= 15 is 0 Å². The zero-order valence-corrected chi connectivity index (χ0v) is 20.3. The van der Waals surface area contributed by atoms with Crippen LogP contribution in [0.3, 0.4) is 0 Å². The molecule has 8 heteroatoms. The second-order valence-electron chi connectivity index (χ2n) is 10.7. The minimum absolute atomic E-state index is 0.0644. The van der Waals surface area contributed by atoms with E-state index in [9.17, 15) is 40.2 Å². The van der Waals surface area contributed by atoms with E-state index in [0.717, 1.165) is 0 Å². The molecule has 0 amide bonds. The molecule has 0 unspecified atom stereocenters. The van der Waals surface area contributed by atoms with Gasteiger partial charge in [0.05, 0.1) is 0 Å². The van der Waals surface area contributed by atoms with Gasteiger partial charge in [-0.1, -0.05) is 38.8 Å². The zero-order valence-electron chi connectivity index (χ0n) is 20.3. The number of ketones is 2. The number of carbonyl (C=O) groups excluding carboxylic acids is 2. The highest BCUT2D eigenvalue weighted by atomic mass is 16.3. The van der Waals surface area contributed by atoms with Gasteiger partial charge in [0, 0.05) is 23.0 Å². The molecule has 0 saturated carbocycles. The minimum atomic E-state index is -1.67. The number of allylic oxidation sites excluding steroid dienone is 2. The van der Waals surface area contributed by atoms with E-state index in [-0.39, 0.29) is 34.1 Å². The molecule has 0 fully saturated rings. The topological polar surface area (TPSA) is 156 Å². The van der Waals surface area contributed by atoms with Crippen molar-refractivity contribution in [2.45, 2.75) is 78.2 Å². The maximum atomic E-state index is 12.9. The summed E-state index contributed by atoms with van der Waals surface area (Å²) in [5, 5.41) is 64.7. The predicted molar refractivity (Wildman–Crippen MR) is 122 cm³/mol. The lowest BCUT2D eigenvalue weighted by molar-refractivity contribution is -0.126. The largest absolute Gasteiger partial charge is 0.385 e. The third-order valence-corrected chi connectivity index (χ3v) is 8.10. The Labute approximate surface area is 198 Å². The summed E-state index contributed by atoms with van der Waals surface area (Å²) in [6.45, 7) is 11.1. The molecule has 0 aromatic rings. The van der Waals surface area contributed by atoms with Crippen LogP contribution in [0.5, 0.6) is 0 Å².